The van der Waals surface area contributed by atoms with Crippen LogP contribution in [0.2, 0.25) is 0 Å². The van der Waals surface area contributed by atoms with E-state index in [1.54, 1.807) is 12.4 Å². The molecule has 0 aliphatic carbocycles. The molecular formula is C18H28N4O3. The number of nitrogens with zero attached hydrogens (tertiary/aromatic N) is 2. The van der Waals surface area contributed by atoms with Crippen LogP contribution >= 0.6 is 0 Å². The molecule has 1 aliphatic heterocycles. The highest BCUT2D eigenvalue weighted by atomic mass is 16.6. The monoisotopic (exact) mass is 348 g/mol. The summed E-state index contributed by atoms with van der Waals surface area (Å²) in [7, 11) is 0. The Morgan fingerprint density at radius 2 is 2.20 bits per heavy atom. The van der Waals surface area contributed by atoms with Crippen LogP contribution in [0.4, 0.5) is 4.79 Å². The SMILES string of the molecule is CC1=CCCN(C(=O)C(CCNC(=O)OC(C)(C)C)c2cn[nH]c2)C1. The number of rotatable bonds is 5. The van der Waals surface area contributed by atoms with Gasteiger partial charge in [-0.3, -0.25) is 9.89 Å². The molecule has 0 bridgehead atoms. The van der Waals surface area contributed by atoms with Crippen LogP contribution in [0.5, 0.6) is 0 Å². The summed E-state index contributed by atoms with van der Waals surface area (Å²) in [6, 6.07) is 0. The third-order valence-electron chi connectivity index (χ3n) is 3.96. The summed E-state index contributed by atoms with van der Waals surface area (Å²) in [6.45, 7) is 9.23. The van der Waals surface area contributed by atoms with Gasteiger partial charge in [0.2, 0.25) is 5.91 Å². The molecule has 2 heterocycles. The summed E-state index contributed by atoms with van der Waals surface area (Å²) in [4.78, 5) is 26.6. The first-order chi connectivity index (χ1) is 11.8. The lowest BCUT2D eigenvalue weighted by molar-refractivity contribution is -0.132. The first-order valence-corrected chi connectivity index (χ1v) is 8.66. The molecule has 7 heteroatoms. The van der Waals surface area contributed by atoms with Gasteiger partial charge in [0.25, 0.3) is 0 Å². The average Bonchev–Trinajstić information content (AvgIpc) is 3.03. The Morgan fingerprint density at radius 3 is 2.80 bits per heavy atom. The van der Waals surface area contributed by atoms with E-state index in [9.17, 15) is 9.59 Å². The van der Waals surface area contributed by atoms with Gasteiger partial charge < -0.3 is 15.0 Å². The van der Waals surface area contributed by atoms with Gasteiger partial charge in [-0.15, -0.1) is 0 Å². The largest absolute Gasteiger partial charge is 0.444 e. The van der Waals surface area contributed by atoms with Crippen molar-refractivity contribution in [3.63, 3.8) is 0 Å². The summed E-state index contributed by atoms with van der Waals surface area (Å²) < 4.78 is 5.23. The van der Waals surface area contributed by atoms with Gasteiger partial charge in [0.15, 0.2) is 0 Å². The third-order valence-corrected chi connectivity index (χ3v) is 3.96. The topological polar surface area (TPSA) is 87.3 Å². The molecule has 1 aliphatic rings. The van der Waals surface area contributed by atoms with E-state index in [4.69, 9.17) is 4.74 Å². The molecule has 0 radical (unpaired) electrons. The van der Waals surface area contributed by atoms with E-state index < -0.39 is 11.7 Å². The molecule has 0 fully saturated rings. The molecule has 2 amide bonds. The number of hydrogen-bond acceptors (Lipinski definition) is 4. The van der Waals surface area contributed by atoms with Crippen LogP contribution in [0.25, 0.3) is 0 Å². The first kappa shape index (κ1) is 19.0. The number of H-pyrrole nitrogens is 1. The minimum Gasteiger partial charge on any atom is -0.444 e. The standard InChI is InChI=1S/C18H28N4O3/c1-13-6-5-9-22(12-13)16(23)15(14-10-20-21-11-14)7-8-19-17(24)25-18(2,3)4/h6,10-11,15H,5,7-9,12H2,1-4H3,(H,19,24)(H,20,21). The maximum absolute atomic E-state index is 13.0. The number of aromatic amines is 1. The van der Waals surface area contributed by atoms with Crippen molar-refractivity contribution >= 4 is 12.0 Å². The Kier molecular flexibility index (Phi) is 6.22. The Balaban J connectivity index is 1.96. The minimum atomic E-state index is -0.540. The lowest BCUT2D eigenvalue weighted by Crippen LogP contribution is -2.40. The molecule has 1 aromatic rings. The van der Waals surface area contributed by atoms with Gasteiger partial charge in [-0.25, -0.2) is 4.79 Å². The molecule has 7 nitrogen and oxygen atoms in total. The van der Waals surface area contributed by atoms with Crippen LogP contribution in [-0.2, 0) is 9.53 Å². The van der Waals surface area contributed by atoms with Gasteiger partial charge in [-0.05, 0) is 40.5 Å². The molecule has 0 saturated carbocycles. The van der Waals surface area contributed by atoms with E-state index >= 15 is 0 Å². The van der Waals surface area contributed by atoms with Crippen molar-refractivity contribution in [1.82, 2.24) is 20.4 Å². The lowest BCUT2D eigenvalue weighted by atomic mass is 9.96. The summed E-state index contributed by atoms with van der Waals surface area (Å²) in [6.07, 6.45) is 6.48. The summed E-state index contributed by atoms with van der Waals surface area (Å²) in [5.74, 6) is -0.264. The highest BCUT2D eigenvalue weighted by Crippen LogP contribution is 2.23. The fraction of sp³-hybridized carbons (Fsp3) is 0.611. The van der Waals surface area contributed by atoms with Crippen LogP contribution in [0, 0.1) is 0 Å². The second-order valence-electron chi connectivity index (χ2n) is 7.40. The molecule has 2 rings (SSSR count). The maximum Gasteiger partial charge on any atom is 0.407 e. The lowest BCUT2D eigenvalue weighted by Gasteiger charge is -2.30. The van der Waals surface area contributed by atoms with E-state index in [0.717, 1.165) is 18.5 Å². The van der Waals surface area contributed by atoms with Crippen LogP contribution in [-0.4, -0.2) is 52.3 Å². The predicted molar refractivity (Wildman–Crippen MR) is 95.1 cm³/mol. The van der Waals surface area contributed by atoms with Crippen LogP contribution in [0.15, 0.2) is 24.0 Å². The number of alkyl carbamates (subject to hydrolysis) is 1. The highest BCUT2D eigenvalue weighted by Gasteiger charge is 2.27. The Bertz CT molecular complexity index is 617. The van der Waals surface area contributed by atoms with Crippen molar-refractivity contribution in [2.24, 2.45) is 0 Å². The third kappa shape index (κ3) is 5.92. The second-order valence-corrected chi connectivity index (χ2v) is 7.40. The molecule has 0 saturated heterocycles. The molecule has 1 unspecified atom stereocenters. The summed E-state index contributed by atoms with van der Waals surface area (Å²) >= 11 is 0. The maximum atomic E-state index is 13.0. The summed E-state index contributed by atoms with van der Waals surface area (Å²) in [5, 5.41) is 9.45. The average molecular weight is 348 g/mol. The fourth-order valence-corrected chi connectivity index (χ4v) is 2.84. The molecule has 138 valence electrons. The number of hydrogen-bond donors (Lipinski definition) is 2. The van der Waals surface area contributed by atoms with E-state index in [1.165, 1.54) is 5.57 Å². The van der Waals surface area contributed by atoms with Gasteiger partial charge in [-0.1, -0.05) is 11.6 Å². The molecule has 0 spiro atoms. The van der Waals surface area contributed by atoms with Crippen molar-refractivity contribution in [1.29, 1.82) is 0 Å². The number of aromatic nitrogens is 2. The molecule has 0 aromatic carbocycles. The number of nitrogens with one attached hydrogen (secondary N) is 2. The van der Waals surface area contributed by atoms with E-state index in [1.807, 2.05) is 32.6 Å². The van der Waals surface area contributed by atoms with Crippen molar-refractivity contribution in [2.45, 2.75) is 52.1 Å². The molecule has 1 atom stereocenters. The van der Waals surface area contributed by atoms with E-state index in [0.29, 0.717) is 19.5 Å². The Hall–Kier alpha value is -2.31. The van der Waals surface area contributed by atoms with Crippen LogP contribution in [0.1, 0.15) is 52.0 Å². The van der Waals surface area contributed by atoms with Crippen molar-refractivity contribution in [2.75, 3.05) is 19.6 Å². The van der Waals surface area contributed by atoms with E-state index in [2.05, 4.69) is 21.6 Å². The zero-order valence-corrected chi connectivity index (χ0v) is 15.5. The Labute approximate surface area is 148 Å². The predicted octanol–water partition coefficient (Wildman–Crippen LogP) is 2.59. The number of carbonyl (C=O) groups excluding carboxylic acids is 2. The number of ether oxygens (including phenoxy) is 1. The van der Waals surface area contributed by atoms with E-state index in [-0.39, 0.29) is 11.8 Å². The van der Waals surface area contributed by atoms with Gasteiger partial charge in [0.1, 0.15) is 5.60 Å². The van der Waals surface area contributed by atoms with Gasteiger partial charge >= 0.3 is 6.09 Å². The van der Waals surface area contributed by atoms with Gasteiger partial charge in [0, 0.05) is 31.4 Å². The summed E-state index contributed by atoms with van der Waals surface area (Å²) in [5.41, 5.74) is 1.50. The zero-order chi connectivity index (χ0) is 18.4. The molecule has 2 N–H and O–H groups in total. The van der Waals surface area contributed by atoms with Gasteiger partial charge in [-0.2, -0.15) is 5.10 Å². The Morgan fingerprint density at radius 1 is 1.44 bits per heavy atom. The molecule has 25 heavy (non-hydrogen) atoms. The molecule has 1 aromatic heterocycles. The zero-order valence-electron chi connectivity index (χ0n) is 15.5. The van der Waals surface area contributed by atoms with Crippen LogP contribution < -0.4 is 5.32 Å². The first-order valence-electron chi connectivity index (χ1n) is 8.66. The van der Waals surface area contributed by atoms with Gasteiger partial charge in [0.05, 0.1) is 12.1 Å². The quantitative estimate of drug-likeness (QED) is 0.801. The second kappa shape index (κ2) is 8.18. The van der Waals surface area contributed by atoms with Crippen molar-refractivity contribution in [3.05, 3.63) is 29.6 Å². The smallest absolute Gasteiger partial charge is 0.407 e. The minimum absolute atomic E-state index is 0.0693. The van der Waals surface area contributed by atoms with Crippen molar-refractivity contribution < 1.29 is 14.3 Å². The normalized spacial score (nSPS) is 16.2. The van der Waals surface area contributed by atoms with Crippen molar-refractivity contribution in [3.8, 4) is 0 Å². The highest BCUT2D eigenvalue weighted by molar-refractivity contribution is 5.84. The number of carbonyl (C=O) groups is 2. The molecular weight excluding hydrogens is 320 g/mol. The number of amides is 2. The van der Waals surface area contributed by atoms with Crippen LogP contribution in [0.3, 0.4) is 0 Å². The fourth-order valence-electron chi connectivity index (χ4n) is 2.84.